The fourth-order valence-electron chi connectivity index (χ4n) is 7.47. The average Bonchev–Trinajstić information content (AvgIpc) is 3.15. The number of rotatable bonds is 4. The summed E-state index contributed by atoms with van der Waals surface area (Å²) in [4.78, 5) is 2.26. The Balaban J connectivity index is 1.45. The molecule has 0 saturated carbocycles. The van der Waals surface area contributed by atoms with Crippen LogP contribution < -0.4 is 36.7 Å². The van der Waals surface area contributed by atoms with Crippen LogP contribution in [0.4, 0.5) is 17.1 Å². The largest absolute Gasteiger partial charge is 0.308 e. The maximum Gasteiger partial charge on any atom is 0.175 e. The monoisotopic (exact) mass is 655 g/mol. The van der Waals surface area contributed by atoms with E-state index in [0.717, 1.165) is 76.7 Å². The van der Waals surface area contributed by atoms with Crippen LogP contribution in [0.5, 0.6) is 0 Å². The summed E-state index contributed by atoms with van der Waals surface area (Å²) in [6.07, 6.45) is 0. The summed E-state index contributed by atoms with van der Waals surface area (Å²) in [5.41, 5.74) is 7.64. The van der Waals surface area contributed by atoms with Gasteiger partial charge in [0, 0.05) is 31.8 Å². The van der Waals surface area contributed by atoms with E-state index in [-0.39, 0.29) is 0 Å². The van der Waals surface area contributed by atoms with E-state index in [1.54, 1.807) is 0 Å². The van der Waals surface area contributed by atoms with Gasteiger partial charge in [-0.2, -0.15) is 0 Å². The number of benzene rings is 7. The van der Waals surface area contributed by atoms with Gasteiger partial charge < -0.3 is 14.0 Å². The lowest BCUT2D eigenvalue weighted by Gasteiger charge is -2.45. The van der Waals surface area contributed by atoms with E-state index in [9.17, 15) is 0 Å². The van der Waals surface area contributed by atoms with Gasteiger partial charge in [-0.05, 0) is 71.1 Å². The van der Waals surface area contributed by atoms with Crippen LogP contribution in [-0.2, 0) is 9.13 Å². The molecule has 2 heterocycles. The molecule has 2 aliphatic rings. The van der Waals surface area contributed by atoms with Gasteiger partial charge in [0.05, 0.1) is 17.1 Å². The van der Waals surface area contributed by atoms with Gasteiger partial charge in [-0.1, -0.05) is 133 Å². The third-order valence-corrected chi connectivity index (χ3v) is 15.9. The fourth-order valence-corrected chi connectivity index (χ4v) is 13.7. The Kier molecular flexibility index (Phi) is 6.60. The fraction of sp³-hybridized carbons (Fsp3) is 0.0233. The number of hydrogen-bond acceptors (Lipinski definition) is 3. The van der Waals surface area contributed by atoms with E-state index in [1.165, 1.54) is 0 Å². The highest BCUT2D eigenvalue weighted by atomic mass is 31.2. The van der Waals surface area contributed by atoms with Gasteiger partial charge in [0.25, 0.3) is 0 Å². The van der Waals surface area contributed by atoms with Crippen molar-refractivity contribution < 1.29 is 9.13 Å². The Bertz CT molecular complexity index is 2290. The van der Waals surface area contributed by atoms with Gasteiger partial charge in [0.2, 0.25) is 0 Å². The van der Waals surface area contributed by atoms with Crippen molar-refractivity contribution in [2.45, 2.75) is 6.92 Å². The van der Waals surface area contributed by atoms with Gasteiger partial charge in [0.1, 0.15) is 0 Å². The van der Waals surface area contributed by atoms with Crippen LogP contribution in [0.25, 0.3) is 22.3 Å². The molecule has 0 radical (unpaired) electrons. The number of hydrogen-bond donors (Lipinski definition) is 0. The Morgan fingerprint density at radius 2 is 0.771 bits per heavy atom. The molecular formula is C43H31NO2P2. The van der Waals surface area contributed by atoms with Crippen molar-refractivity contribution in [3.8, 4) is 22.3 Å². The van der Waals surface area contributed by atoms with Gasteiger partial charge in [-0.15, -0.1) is 0 Å². The van der Waals surface area contributed by atoms with Gasteiger partial charge in [-0.25, -0.2) is 0 Å². The normalized spacial score (nSPS) is 18.8. The molecule has 5 heteroatoms. The summed E-state index contributed by atoms with van der Waals surface area (Å²) in [7, 11) is -6.84. The highest BCUT2D eigenvalue weighted by Crippen LogP contribution is 2.61. The van der Waals surface area contributed by atoms with Crippen LogP contribution in [0.1, 0.15) is 5.56 Å². The molecule has 0 spiro atoms. The third kappa shape index (κ3) is 4.15. The van der Waals surface area contributed by atoms with Gasteiger partial charge >= 0.3 is 0 Å². The standard InChI is InChI=1S/C43H31NO2P2/c1-30-26-41-43-42(27-30)48(46,36-20-12-5-13-21-36)40-25-23-34(32-16-8-3-9-17-32)29-38(40)44(43)37-28-33(31-14-6-2-7-15-31)22-24-39(37)47(41,45)35-18-10-4-11-19-35/h2-29H,1H3. The molecule has 230 valence electrons. The Morgan fingerprint density at radius 3 is 1.17 bits per heavy atom. The van der Waals surface area contributed by atoms with E-state index < -0.39 is 14.3 Å². The van der Waals surface area contributed by atoms with Crippen molar-refractivity contribution >= 4 is 63.2 Å². The van der Waals surface area contributed by atoms with Crippen LogP contribution in [0.3, 0.4) is 0 Å². The van der Waals surface area contributed by atoms with E-state index in [4.69, 9.17) is 0 Å². The molecule has 0 fully saturated rings. The van der Waals surface area contributed by atoms with Crippen LogP contribution in [-0.4, -0.2) is 0 Å². The lowest BCUT2D eigenvalue weighted by Crippen LogP contribution is -2.46. The van der Waals surface area contributed by atoms with Crippen LogP contribution in [0, 0.1) is 6.92 Å². The SMILES string of the molecule is Cc1cc2c3c(c1)P(=O)(c1ccccc1)c1ccc(-c4ccccc4)cc1N3c1cc(-c3ccccc3)ccc1P2(=O)c1ccccc1. The molecule has 2 aliphatic heterocycles. The van der Waals surface area contributed by atoms with Crippen molar-refractivity contribution in [3.63, 3.8) is 0 Å². The molecule has 3 nitrogen and oxygen atoms in total. The van der Waals surface area contributed by atoms with Gasteiger partial charge in [0.15, 0.2) is 14.3 Å². The zero-order valence-electron chi connectivity index (χ0n) is 26.3. The van der Waals surface area contributed by atoms with Crippen molar-refractivity contribution in [2.75, 3.05) is 4.90 Å². The summed E-state index contributed by atoms with van der Waals surface area (Å²) >= 11 is 0. The number of fused-ring (bicyclic) bond motifs is 4. The van der Waals surface area contributed by atoms with E-state index in [2.05, 4.69) is 77.7 Å². The van der Waals surface area contributed by atoms with Crippen LogP contribution >= 0.6 is 14.3 Å². The highest BCUT2D eigenvalue weighted by Gasteiger charge is 2.49. The minimum absolute atomic E-state index is 0.732. The summed E-state index contributed by atoms with van der Waals surface area (Å²) in [5, 5.41) is 4.56. The first-order valence-corrected chi connectivity index (χ1v) is 19.6. The third-order valence-electron chi connectivity index (χ3n) is 9.68. The smallest absolute Gasteiger partial charge is 0.175 e. The van der Waals surface area contributed by atoms with Gasteiger partial charge in [-0.3, -0.25) is 0 Å². The molecular weight excluding hydrogens is 624 g/mol. The summed E-state index contributed by atoms with van der Waals surface area (Å²) in [5.74, 6) is 0. The van der Waals surface area contributed by atoms with Crippen molar-refractivity contribution in [1.82, 2.24) is 0 Å². The topological polar surface area (TPSA) is 37.4 Å². The number of aryl methyl sites for hydroxylation is 1. The Morgan fingerprint density at radius 1 is 0.396 bits per heavy atom. The lowest BCUT2D eigenvalue weighted by molar-refractivity contribution is 0.592. The molecule has 0 N–H and O–H groups in total. The van der Waals surface area contributed by atoms with E-state index >= 15 is 9.13 Å². The minimum atomic E-state index is -3.42. The minimum Gasteiger partial charge on any atom is -0.308 e. The molecule has 0 saturated heterocycles. The van der Waals surface area contributed by atoms with Crippen LogP contribution in [0.15, 0.2) is 170 Å². The molecule has 0 amide bonds. The molecule has 0 aromatic heterocycles. The lowest BCUT2D eigenvalue weighted by atomic mass is 10.0. The first-order valence-electron chi connectivity index (χ1n) is 16.2. The summed E-state index contributed by atoms with van der Waals surface area (Å²) in [6, 6.07) is 57.0. The molecule has 0 bridgehead atoms. The highest BCUT2D eigenvalue weighted by molar-refractivity contribution is 7.88. The van der Waals surface area contributed by atoms with Crippen molar-refractivity contribution in [1.29, 1.82) is 0 Å². The molecule has 0 aliphatic carbocycles. The molecule has 9 rings (SSSR count). The maximum absolute atomic E-state index is 16.1. The predicted octanol–water partition coefficient (Wildman–Crippen LogP) is 8.70. The van der Waals surface area contributed by atoms with Crippen LogP contribution in [0.2, 0.25) is 0 Å². The molecule has 2 unspecified atom stereocenters. The molecule has 7 aromatic rings. The molecule has 2 atom stereocenters. The number of nitrogens with zero attached hydrogens (tertiary/aromatic N) is 1. The zero-order valence-corrected chi connectivity index (χ0v) is 28.1. The first-order chi connectivity index (χ1) is 23.5. The maximum atomic E-state index is 16.1. The number of anilines is 3. The summed E-state index contributed by atoms with van der Waals surface area (Å²) < 4.78 is 32.3. The van der Waals surface area contributed by atoms with E-state index in [0.29, 0.717) is 0 Å². The zero-order chi connectivity index (χ0) is 32.5. The molecule has 48 heavy (non-hydrogen) atoms. The Labute approximate surface area is 280 Å². The summed E-state index contributed by atoms with van der Waals surface area (Å²) in [6.45, 7) is 2.02. The molecule has 7 aromatic carbocycles. The second-order valence-corrected chi connectivity index (χ2v) is 17.9. The van der Waals surface area contributed by atoms with E-state index in [1.807, 2.05) is 104 Å². The second-order valence-electron chi connectivity index (χ2n) is 12.5. The average molecular weight is 656 g/mol. The first kappa shape index (κ1) is 29.0. The van der Waals surface area contributed by atoms with Crippen molar-refractivity contribution in [2.24, 2.45) is 0 Å². The quantitative estimate of drug-likeness (QED) is 0.178. The Hall–Kier alpha value is -5.20. The predicted molar refractivity (Wildman–Crippen MR) is 203 cm³/mol. The second kappa shape index (κ2) is 10.9. The van der Waals surface area contributed by atoms with Crippen molar-refractivity contribution in [3.05, 3.63) is 175 Å².